The van der Waals surface area contributed by atoms with Gasteiger partial charge in [-0.3, -0.25) is 14.0 Å². The molecule has 0 N–H and O–H groups in total. The molecule has 7 rings (SSSR count). The van der Waals surface area contributed by atoms with Crippen LogP contribution in [0, 0.1) is 0 Å². The van der Waals surface area contributed by atoms with Crippen LogP contribution in [-0.4, -0.2) is 41.0 Å². The molecule has 4 heterocycles. The molecule has 10 heteroatoms. The van der Waals surface area contributed by atoms with Gasteiger partial charge < -0.3 is 14.2 Å². The van der Waals surface area contributed by atoms with Gasteiger partial charge in [0.15, 0.2) is 12.6 Å². The third kappa shape index (κ3) is 4.90. The fraction of sp³-hybridized carbons (Fsp3) is 0.176. The molecule has 2 aromatic carbocycles. The van der Waals surface area contributed by atoms with Crippen LogP contribution in [0.1, 0.15) is 45.5 Å². The van der Waals surface area contributed by atoms with Gasteiger partial charge in [-0.2, -0.15) is 0 Å². The summed E-state index contributed by atoms with van der Waals surface area (Å²) in [6, 6.07) is 17.5. The van der Waals surface area contributed by atoms with Crippen LogP contribution in [0.25, 0.3) is 39.6 Å². The highest BCUT2D eigenvalue weighted by Crippen LogP contribution is 2.44. The first-order valence-corrected chi connectivity index (χ1v) is 14.8. The molecule has 8 nitrogen and oxygen atoms in total. The molecule has 0 saturated carbocycles. The van der Waals surface area contributed by atoms with Gasteiger partial charge in [-0.25, -0.2) is 9.97 Å². The van der Waals surface area contributed by atoms with Crippen molar-refractivity contribution in [2.24, 2.45) is 0 Å². The number of ether oxygens (including phenoxy) is 3. The minimum Gasteiger partial charge on any atom is -0.481 e. The Bertz CT molecular complexity index is 2050. The minimum atomic E-state index is -0.545. The number of hydrogen-bond donors (Lipinski definition) is 0. The summed E-state index contributed by atoms with van der Waals surface area (Å²) in [5.41, 5.74) is 8.30. The van der Waals surface area contributed by atoms with Crippen LogP contribution in [0.2, 0.25) is 10.0 Å². The number of aromatic nitrogens is 3. The number of carbonyl (C=O) groups excluding carboxylic acids is 1. The quantitative estimate of drug-likeness (QED) is 0.186. The van der Waals surface area contributed by atoms with E-state index in [0.29, 0.717) is 52.3 Å². The number of methoxy groups -OCH3 is 1. The third-order valence-electron chi connectivity index (χ3n) is 8.01. The maximum absolute atomic E-state index is 12.5. The molecule has 0 atom stereocenters. The Labute approximate surface area is 262 Å². The second-order valence-electron chi connectivity index (χ2n) is 10.5. The summed E-state index contributed by atoms with van der Waals surface area (Å²) in [7, 11) is 1.57. The first kappa shape index (κ1) is 28.4. The van der Waals surface area contributed by atoms with E-state index in [1.165, 1.54) is 16.2 Å². The van der Waals surface area contributed by atoms with E-state index in [4.69, 9.17) is 42.4 Å². The Balaban J connectivity index is 1.26. The second-order valence-corrected chi connectivity index (χ2v) is 11.3. The topological polar surface area (TPSA) is 92.0 Å². The Hall–Kier alpha value is -4.34. The zero-order valence-electron chi connectivity index (χ0n) is 23.6. The summed E-state index contributed by atoms with van der Waals surface area (Å²) >= 11 is 13.8. The molecule has 0 bridgehead atoms. The molecule has 1 fully saturated rings. The standard InChI is InChI=1S/C34H25Cl2N3O5/c1-42-32-27(34-43-12-13-44-34)16-28(35)29(38-32)14-19-8-9-25-22(19)4-2-6-24(25)26-7-3-5-23(31(26)36)20-10-11-39-30(15-20)37-17-21(18-40)33(39)41/h2-7,10-11,14-18,34H,8-9,12-13H2,1H3. The predicted octanol–water partition coefficient (Wildman–Crippen LogP) is 7.08. The number of fused-ring (bicyclic) bond motifs is 2. The molecule has 1 aliphatic carbocycles. The molecule has 1 saturated heterocycles. The highest BCUT2D eigenvalue weighted by Gasteiger charge is 2.26. The molecule has 44 heavy (non-hydrogen) atoms. The second kappa shape index (κ2) is 11.6. The number of halogens is 2. The van der Waals surface area contributed by atoms with E-state index in [1.807, 2.05) is 30.3 Å². The number of hydrogen-bond acceptors (Lipinski definition) is 7. The Morgan fingerprint density at radius 3 is 2.50 bits per heavy atom. The maximum Gasteiger partial charge on any atom is 0.268 e. The molecule has 0 spiro atoms. The number of aldehydes is 1. The lowest BCUT2D eigenvalue weighted by molar-refractivity contribution is -0.0458. The molecule has 2 aliphatic rings. The average molecular weight is 626 g/mol. The molecule has 0 unspecified atom stereocenters. The van der Waals surface area contributed by atoms with E-state index in [9.17, 15) is 9.59 Å². The van der Waals surface area contributed by atoms with E-state index in [2.05, 4.69) is 17.1 Å². The first-order valence-electron chi connectivity index (χ1n) is 14.0. The molecule has 0 amide bonds. The molecule has 220 valence electrons. The number of carbonyl (C=O) groups is 1. The Morgan fingerprint density at radius 1 is 0.977 bits per heavy atom. The van der Waals surface area contributed by atoms with Gasteiger partial charge in [0.1, 0.15) is 5.65 Å². The van der Waals surface area contributed by atoms with Gasteiger partial charge >= 0.3 is 0 Å². The van der Waals surface area contributed by atoms with Crippen molar-refractivity contribution in [1.82, 2.24) is 14.4 Å². The molecule has 0 radical (unpaired) electrons. The van der Waals surface area contributed by atoms with E-state index in [1.54, 1.807) is 31.5 Å². The first-order chi connectivity index (χ1) is 21.5. The van der Waals surface area contributed by atoms with Gasteiger partial charge in [-0.05, 0) is 64.9 Å². The summed E-state index contributed by atoms with van der Waals surface area (Å²) in [6.07, 6.45) is 6.52. The minimum absolute atomic E-state index is 0.00381. The molecule has 1 aliphatic heterocycles. The van der Waals surface area contributed by atoms with Crippen molar-refractivity contribution < 1.29 is 19.0 Å². The third-order valence-corrected chi connectivity index (χ3v) is 8.72. The van der Waals surface area contributed by atoms with Crippen LogP contribution >= 0.6 is 23.2 Å². The monoisotopic (exact) mass is 625 g/mol. The van der Waals surface area contributed by atoms with E-state index < -0.39 is 11.8 Å². The highest BCUT2D eigenvalue weighted by molar-refractivity contribution is 6.36. The molecule has 3 aromatic heterocycles. The normalized spacial score (nSPS) is 15.7. The Morgan fingerprint density at radius 2 is 1.73 bits per heavy atom. The van der Waals surface area contributed by atoms with Crippen molar-refractivity contribution in [2.45, 2.75) is 19.1 Å². The zero-order chi connectivity index (χ0) is 30.4. The number of benzene rings is 2. The molecule has 5 aromatic rings. The predicted molar refractivity (Wildman–Crippen MR) is 169 cm³/mol. The largest absolute Gasteiger partial charge is 0.481 e. The van der Waals surface area contributed by atoms with Gasteiger partial charge in [0.25, 0.3) is 5.56 Å². The van der Waals surface area contributed by atoms with Crippen LogP contribution in [-0.2, 0) is 15.9 Å². The van der Waals surface area contributed by atoms with Crippen LogP contribution in [0.5, 0.6) is 5.88 Å². The van der Waals surface area contributed by atoms with Crippen LogP contribution in [0.15, 0.2) is 71.8 Å². The zero-order valence-corrected chi connectivity index (χ0v) is 25.1. The summed E-state index contributed by atoms with van der Waals surface area (Å²) in [4.78, 5) is 32.7. The number of allylic oxidation sites excluding steroid dienone is 1. The van der Waals surface area contributed by atoms with Gasteiger partial charge in [-0.15, -0.1) is 0 Å². The van der Waals surface area contributed by atoms with Crippen molar-refractivity contribution >= 4 is 46.8 Å². The summed E-state index contributed by atoms with van der Waals surface area (Å²) < 4.78 is 18.2. The van der Waals surface area contributed by atoms with Crippen molar-refractivity contribution in [3.05, 3.63) is 115 Å². The number of rotatable bonds is 6. The highest BCUT2D eigenvalue weighted by atomic mass is 35.5. The van der Waals surface area contributed by atoms with E-state index in [-0.39, 0.29) is 5.56 Å². The lowest BCUT2D eigenvalue weighted by atomic mass is 9.93. The smallest absolute Gasteiger partial charge is 0.268 e. The summed E-state index contributed by atoms with van der Waals surface area (Å²) in [5, 5.41) is 1.08. The molecular weight excluding hydrogens is 601 g/mol. The van der Waals surface area contributed by atoms with Gasteiger partial charge in [0, 0.05) is 23.5 Å². The fourth-order valence-electron chi connectivity index (χ4n) is 5.89. The van der Waals surface area contributed by atoms with Gasteiger partial charge in [0.2, 0.25) is 5.88 Å². The van der Waals surface area contributed by atoms with Gasteiger partial charge in [0.05, 0.1) is 47.2 Å². The van der Waals surface area contributed by atoms with Gasteiger partial charge in [-0.1, -0.05) is 59.6 Å². The van der Waals surface area contributed by atoms with Crippen LogP contribution in [0.4, 0.5) is 0 Å². The van der Waals surface area contributed by atoms with Crippen molar-refractivity contribution in [3.8, 4) is 28.1 Å². The maximum atomic E-state index is 12.5. The SMILES string of the molecule is COc1nc(C=C2CCc3c2cccc3-c2cccc(-c3ccn4c(=O)c(C=O)cnc4c3)c2Cl)c(Cl)cc1C1OCCO1. The summed E-state index contributed by atoms with van der Waals surface area (Å²) in [5.74, 6) is 0.418. The van der Waals surface area contributed by atoms with Crippen molar-refractivity contribution in [2.75, 3.05) is 20.3 Å². The summed E-state index contributed by atoms with van der Waals surface area (Å²) in [6.45, 7) is 1.01. The fourth-order valence-corrected chi connectivity index (χ4v) is 6.44. The van der Waals surface area contributed by atoms with Crippen molar-refractivity contribution in [1.29, 1.82) is 0 Å². The van der Waals surface area contributed by atoms with Crippen LogP contribution < -0.4 is 10.3 Å². The average Bonchev–Trinajstić information content (AvgIpc) is 3.73. The molecular formula is C34H25Cl2N3O5. The lowest BCUT2D eigenvalue weighted by Crippen LogP contribution is -2.18. The Kier molecular flexibility index (Phi) is 7.52. The van der Waals surface area contributed by atoms with E-state index >= 15 is 0 Å². The number of pyridine rings is 2. The van der Waals surface area contributed by atoms with Crippen molar-refractivity contribution in [3.63, 3.8) is 0 Å². The number of nitrogens with zero attached hydrogens (tertiary/aromatic N) is 3. The van der Waals surface area contributed by atoms with Crippen LogP contribution in [0.3, 0.4) is 0 Å². The lowest BCUT2D eigenvalue weighted by Gasteiger charge is -2.15. The van der Waals surface area contributed by atoms with E-state index in [0.717, 1.165) is 46.2 Å².